The Hall–Kier alpha value is -1.57. The highest BCUT2D eigenvalue weighted by molar-refractivity contribution is 5.80. The third-order valence-corrected chi connectivity index (χ3v) is 3.33. The highest BCUT2D eigenvalue weighted by atomic mass is 16.4. The predicted molar refractivity (Wildman–Crippen MR) is 95.9 cm³/mol. The number of aliphatic carboxylic acids is 1. The molecular weight excluding hydrogens is 272 g/mol. The fourth-order valence-electron chi connectivity index (χ4n) is 2.38. The molecule has 0 aromatic rings. The summed E-state index contributed by atoms with van der Waals surface area (Å²) in [6.45, 7) is 12.6. The molecule has 0 bridgehead atoms. The van der Waals surface area contributed by atoms with Crippen LogP contribution in [0.25, 0.3) is 0 Å². The molecule has 0 saturated carbocycles. The lowest BCUT2D eigenvalue weighted by atomic mass is 9.93. The van der Waals surface area contributed by atoms with Gasteiger partial charge in [0.05, 0.1) is 0 Å². The molecule has 22 heavy (non-hydrogen) atoms. The Bertz CT molecular complexity index is 425. The van der Waals surface area contributed by atoms with Crippen molar-refractivity contribution < 1.29 is 9.90 Å². The Kier molecular flexibility index (Phi) is 11.2. The van der Waals surface area contributed by atoms with Crippen molar-refractivity contribution in [3.8, 4) is 0 Å². The third-order valence-electron chi connectivity index (χ3n) is 3.33. The van der Waals surface area contributed by atoms with Crippen molar-refractivity contribution in [2.45, 2.75) is 59.8 Å². The van der Waals surface area contributed by atoms with Crippen molar-refractivity contribution in [1.29, 1.82) is 0 Å². The van der Waals surface area contributed by atoms with Crippen molar-refractivity contribution >= 4 is 5.97 Å². The van der Waals surface area contributed by atoms with Crippen LogP contribution < -0.4 is 0 Å². The summed E-state index contributed by atoms with van der Waals surface area (Å²) in [5, 5.41) is 8.71. The molecule has 1 N–H and O–H groups in total. The first-order valence-corrected chi connectivity index (χ1v) is 8.19. The average Bonchev–Trinajstić information content (AvgIpc) is 2.35. The van der Waals surface area contributed by atoms with Gasteiger partial charge in [0, 0.05) is 6.08 Å². The zero-order valence-corrected chi connectivity index (χ0v) is 14.6. The molecule has 2 nitrogen and oxygen atoms in total. The van der Waals surface area contributed by atoms with Crippen LogP contribution in [0.5, 0.6) is 0 Å². The van der Waals surface area contributed by atoms with Crippen LogP contribution in [0.3, 0.4) is 0 Å². The first kappa shape index (κ1) is 20.4. The number of carboxylic acids is 1. The molecular formula is C20H32O2. The van der Waals surface area contributed by atoms with E-state index in [0.29, 0.717) is 11.8 Å². The summed E-state index contributed by atoms with van der Waals surface area (Å²) < 4.78 is 0. The lowest BCUT2D eigenvalue weighted by Gasteiger charge is -2.13. The first-order chi connectivity index (χ1) is 10.3. The number of hydrogen-bond acceptors (Lipinski definition) is 1. The van der Waals surface area contributed by atoms with E-state index in [1.807, 2.05) is 6.92 Å². The van der Waals surface area contributed by atoms with Gasteiger partial charge in [0.1, 0.15) is 0 Å². The highest BCUT2D eigenvalue weighted by Gasteiger charge is 2.06. The molecule has 0 aliphatic rings. The van der Waals surface area contributed by atoms with Crippen LogP contribution in [0.4, 0.5) is 0 Å². The van der Waals surface area contributed by atoms with Crippen LogP contribution in [0.2, 0.25) is 0 Å². The summed E-state index contributed by atoms with van der Waals surface area (Å²) in [5.41, 5.74) is 2.16. The van der Waals surface area contributed by atoms with Crippen molar-refractivity contribution in [2.24, 2.45) is 11.8 Å². The van der Waals surface area contributed by atoms with Gasteiger partial charge in [-0.2, -0.15) is 0 Å². The predicted octanol–water partition coefficient (Wildman–Crippen LogP) is 5.93. The van der Waals surface area contributed by atoms with Gasteiger partial charge in [0.25, 0.3) is 0 Å². The second-order valence-corrected chi connectivity index (χ2v) is 6.62. The van der Waals surface area contributed by atoms with E-state index >= 15 is 0 Å². The smallest absolute Gasteiger partial charge is 0.328 e. The minimum absolute atomic E-state index is 0.443. The van der Waals surface area contributed by atoms with Crippen LogP contribution >= 0.6 is 0 Å². The fraction of sp³-hybridized carbons (Fsp3) is 0.550. The molecule has 1 atom stereocenters. The molecule has 2 heteroatoms. The van der Waals surface area contributed by atoms with E-state index in [1.165, 1.54) is 11.6 Å². The highest BCUT2D eigenvalue weighted by Crippen LogP contribution is 2.21. The molecule has 0 heterocycles. The molecule has 0 rings (SSSR count). The van der Waals surface area contributed by atoms with Crippen LogP contribution in [-0.4, -0.2) is 11.1 Å². The van der Waals surface area contributed by atoms with E-state index in [-0.39, 0.29) is 0 Å². The molecule has 0 saturated heterocycles. The Labute approximate surface area is 136 Å². The maximum atomic E-state index is 10.6. The van der Waals surface area contributed by atoms with E-state index in [4.69, 9.17) is 5.11 Å². The van der Waals surface area contributed by atoms with Gasteiger partial charge in [0.2, 0.25) is 0 Å². The minimum atomic E-state index is -0.862. The van der Waals surface area contributed by atoms with Crippen LogP contribution in [-0.2, 0) is 4.79 Å². The quantitative estimate of drug-likeness (QED) is 0.292. The molecule has 124 valence electrons. The third kappa shape index (κ3) is 13.4. The number of allylic oxidation sites excluding steroid dienone is 6. The molecule has 0 aliphatic heterocycles. The van der Waals surface area contributed by atoms with E-state index in [1.54, 1.807) is 0 Å². The Morgan fingerprint density at radius 1 is 1.14 bits per heavy atom. The van der Waals surface area contributed by atoms with Crippen molar-refractivity contribution in [3.05, 3.63) is 48.1 Å². The van der Waals surface area contributed by atoms with Gasteiger partial charge in [-0.1, -0.05) is 62.8 Å². The fourth-order valence-corrected chi connectivity index (χ4v) is 2.38. The van der Waals surface area contributed by atoms with Gasteiger partial charge < -0.3 is 5.11 Å². The summed E-state index contributed by atoms with van der Waals surface area (Å²) in [4.78, 5) is 10.6. The van der Waals surface area contributed by atoms with Gasteiger partial charge in [-0.3, -0.25) is 0 Å². The summed E-state index contributed by atoms with van der Waals surface area (Å²) in [6.07, 6.45) is 14.8. The molecule has 0 radical (unpaired) electrons. The zero-order chi connectivity index (χ0) is 17.0. The Morgan fingerprint density at radius 3 is 2.36 bits per heavy atom. The monoisotopic (exact) mass is 304 g/mol. The lowest BCUT2D eigenvalue weighted by molar-refractivity contribution is -0.131. The summed E-state index contributed by atoms with van der Waals surface area (Å²) >= 11 is 0. The first-order valence-electron chi connectivity index (χ1n) is 8.19. The molecule has 1 unspecified atom stereocenters. The van der Waals surface area contributed by atoms with Crippen molar-refractivity contribution in [1.82, 2.24) is 0 Å². The normalized spacial score (nSPS) is 14.1. The molecule has 0 amide bonds. The van der Waals surface area contributed by atoms with E-state index in [9.17, 15) is 4.79 Å². The van der Waals surface area contributed by atoms with E-state index in [2.05, 4.69) is 51.7 Å². The van der Waals surface area contributed by atoms with Gasteiger partial charge in [-0.05, 0) is 50.9 Å². The molecule has 0 fully saturated rings. The van der Waals surface area contributed by atoms with Gasteiger partial charge in [0.15, 0.2) is 0 Å². The largest absolute Gasteiger partial charge is 0.478 e. The summed E-state index contributed by atoms with van der Waals surface area (Å²) in [6, 6.07) is 0. The number of carbonyl (C=O) groups is 1. The average molecular weight is 304 g/mol. The van der Waals surface area contributed by atoms with E-state index < -0.39 is 5.97 Å². The zero-order valence-electron chi connectivity index (χ0n) is 14.6. The minimum Gasteiger partial charge on any atom is -0.478 e. The number of carboxylic acid groups (broad SMARTS) is 1. The van der Waals surface area contributed by atoms with Gasteiger partial charge >= 0.3 is 5.97 Å². The Balaban J connectivity index is 3.92. The number of hydrogen-bond donors (Lipinski definition) is 1. The molecule has 0 aromatic carbocycles. The van der Waals surface area contributed by atoms with Crippen LogP contribution in [0.15, 0.2) is 48.1 Å². The number of rotatable bonds is 11. The summed E-state index contributed by atoms with van der Waals surface area (Å²) in [7, 11) is 0. The molecule has 0 aromatic heterocycles. The van der Waals surface area contributed by atoms with Crippen molar-refractivity contribution in [2.75, 3.05) is 0 Å². The SMILES string of the molecule is C=C(CCC=CC=CCC(C)C)CC(C)CC(C)=CC(=O)O. The maximum Gasteiger partial charge on any atom is 0.328 e. The standard InChI is InChI=1S/C20H32O2/c1-16(2)11-9-7-6-8-10-12-17(3)13-18(4)14-19(5)15-20(21)22/h6-9,15-16,18H,3,10-14H2,1-2,4-5H3,(H,21,22). The topological polar surface area (TPSA) is 37.3 Å². The van der Waals surface area contributed by atoms with Crippen molar-refractivity contribution in [3.63, 3.8) is 0 Å². The Morgan fingerprint density at radius 2 is 1.77 bits per heavy atom. The maximum absolute atomic E-state index is 10.6. The second-order valence-electron chi connectivity index (χ2n) is 6.62. The van der Waals surface area contributed by atoms with Gasteiger partial charge in [-0.25, -0.2) is 4.79 Å². The lowest BCUT2D eigenvalue weighted by Crippen LogP contribution is -1.99. The summed E-state index contributed by atoms with van der Waals surface area (Å²) in [5.74, 6) is 0.293. The van der Waals surface area contributed by atoms with Gasteiger partial charge in [-0.15, -0.1) is 0 Å². The van der Waals surface area contributed by atoms with Crippen LogP contribution in [0.1, 0.15) is 59.8 Å². The second kappa shape index (κ2) is 12.0. The molecule has 0 aliphatic carbocycles. The van der Waals surface area contributed by atoms with Crippen LogP contribution in [0, 0.1) is 11.8 Å². The molecule has 0 spiro atoms. The van der Waals surface area contributed by atoms with E-state index in [0.717, 1.165) is 37.7 Å².